The highest BCUT2D eigenvalue weighted by Gasteiger charge is 2.19. The molecule has 3 aromatic rings. The lowest BCUT2D eigenvalue weighted by molar-refractivity contribution is -0.127. The van der Waals surface area contributed by atoms with Crippen LogP contribution in [0.2, 0.25) is 0 Å². The molecule has 0 unspecified atom stereocenters. The van der Waals surface area contributed by atoms with Crippen LogP contribution >= 0.6 is 0 Å². The van der Waals surface area contributed by atoms with E-state index in [4.69, 9.17) is 0 Å². The lowest BCUT2D eigenvalue weighted by atomic mass is 10.0. The Morgan fingerprint density at radius 3 is 2.54 bits per heavy atom. The number of aryl methyl sites for hydroxylation is 1. The van der Waals surface area contributed by atoms with Gasteiger partial charge < -0.3 is 10.3 Å². The second kappa shape index (κ2) is 9.08. The van der Waals surface area contributed by atoms with Crippen LogP contribution in [0.1, 0.15) is 31.2 Å². The number of carbonyl (C=O) groups excluding carboxylic acids is 2. The van der Waals surface area contributed by atoms with Crippen molar-refractivity contribution in [1.29, 1.82) is 0 Å². The number of nitrogens with one attached hydrogen (secondary N) is 2. The quantitative estimate of drug-likeness (QED) is 0.631. The molecular formula is C22H23N3O3. The van der Waals surface area contributed by atoms with Crippen molar-refractivity contribution in [2.45, 2.75) is 38.6 Å². The number of benzene rings is 2. The van der Waals surface area contributed by atoms with E-state index in [0.717, 1.165) is 5.56 Å². The number of rotatable bonds is 8. The van der Waals surface area contributed by atoms with E-state index in [1.807, 2.05) is 36.4 Å². The molecule has 0 aliphatic rings. The van der Waals surface area contributed by atoms with Gasteiger partial charge in [0, 0.05) is 19.3 Å². The van der Waals surface area contributed by atoms with Crippen molar-refractivity contribution < 1.29 is 9.59 Å². The fourth-order valence-electron chi connectivity index (χ4n) is 3.09. The molecule has 0 saturated carbocycles. The topological polar surface area (TPSA) is 91.9 Å². The van der Waals surface area contributed by atoms with Gasteiger partial charge in [-0.3, -0.25) is 14.4 Å². The molecule has 2 aromatic carbocycles. The molecule has 6 heteroatoms. The predicted octanol–water partition coefficient (Wildman–Crippen LogP) is 2.56. The molecule has 2 N–H and O–H groups in total. The van der Waals surface area contributed by atoms with Gasteiger partial charge in [0.05, 0.1) is 16.9 Å². The van der Waals surface area contributed by atoms with Crippen LogP contribution < -0.4 is 10.9 Å². The molecule has 0 fully saturated rings. The van der Waals surface area contributed by atoms with E-state index >= 15 is 0 Å². The zero-order valence-electron chi connectivity index (χ0n) is 15.8. The van der Waals surface area contributed by atoms with Crippen molar-refractivity contribution in [1.82, 2.24) is 15.3 Å². The number of para-hydroxylation sites is 1. The number of amides is 1. The summed E-state index contributed by atoms with van der Waals surface area (Å²) in [5.41, 5.74) is 1.38. The standard InChI is InChI=1S/C22H23N3O3/c1-2-19(26)18(14-15-8-4-3-5-9-15)24-21(27)13-12-20-23-17-11-7-6-10-16(17)22(28)25-20/h3-11,18H,2,12-14H2,1H3,(H,24,27)(H,23,25,28)/t18-/m0/s1. The van der Waals surface area contributed by atoms with Crippen molar-refractivity contribution in [2.75, 3.05) is 0 Å². The normalized spacial score (nSPS) is 11.9. The Morgan fingerprint density at radius 2 is 1.79 bits per heavy atom. The smallest absolute Gasteiger partial charge is 0.258 e. The van der Waals surface area contributed by atoms with Crippen LogP contribution in [0, 0.1) is 0 Å². The summed E-state index contributed by atoms with van der Waals surface area (Å²) < 4.78 is 0. The minimum Gasteiger partial charge on any atom is -0.346 e. The first-order chi connectivity index (χ1) is 13.6. The summed E-state index contributed by atoms with van der Waals surface area (Å²) >= 11 is 0. The SMILES string of the molecule is CCC(=O)[C@H](Cc1ccccc1)NC(=O)CCc1nc2ccccc2c(=O)[nH]1. The van der Waals surface area contributed by atoms with E-state index in [2.05, 4.69) is 15.3 Å². The number of Topliss-reactive ketones (excluding diaryl/α,β-unsaturated/α-hetero) is 1. The van der Waals surface area contributed by atoms with Gasteiger partial charge in [0.25, 0.3) is 5.56 Å². The molecule has 1 atom stereocenters. The van der Waals surface area contributed by atoms with Crippen LogP contribution in [-0.2, 0) is 22.4 Å². The second-order valence-electron chi connectivity index (χ2n) is 6.66. The summed E-state index contributed by atoms with van der Waals surface area (Å²) in [5, 5.41) is 3.35. The number of fused-ring (bicyclic) bond motifs is 1. The Labute approximate surface area is 163 Å². The second-order valence-corrected chi connectivity index (χ2v) is 6.66. The summed E-state index contributed by atoms with van der Waals surface area (Å²) in [4.78, 5) is 43.9. The molecule has 6 nitrogen and oxygen atoms in total. The van der Waals surface area contributed by atoms with Gasteiger partial charge in [-0.1, -0.05) is 49.4 Å². The third-order valence-electron chi connectivity index (χ3n) is 4.61. The summed E-state index contributed by atoms with van der Waals surface area (Å²) in [5.74, 6) is 0.216. The number of carbonyl (C=O) groups is 2. The molecule has 3 rings (SSSR count). The molecular weight excluding hydrogens is 354 g/mol. The van der Waals surface area contributed by atoms with Gasteiger partial charge in [-0.2, -0.15) is 0 Å². The summed E-state index contributed by atoms with van der Waals surface area (Å²) in [6.45, 7) is 1.79. The number of ketones is 1. The third-order valence-corrected chi connectivity index (χ3v) is 4.61. The molecule has 0 aliphatic heterocycles. The summed E-state index contributed by atoms with van der Waals surface area (Å²) in [7, 11) is 0. The fraction of sp³-hybridized carbons (Fsp3) is 0.273. The molecule has 1 heterocycles. The van der Waals surface area contributed by atoms with E-state index in [-0.39, 0.29) is 23.7 Å². The van der Waals surface area contributed by atoms with Crippen LogP contribution in [-0.4, -0.2) is 27.7 Å². The maximum atomic E-state index is 12.4. The van der Waals surface area contributed by atoms with Gasteiger partial charge in [-0.25, -0.2) is 4.98 Å². The van der Waals surface area contributed by atoms with Gasteiger partial charge in [-0.15, -0.1) is 0 Å². The highest BCUT2D eigenvalue weighted by molar-refractivity contribution is 5.89. The van der Waals surface area contributed by atoms with E-state index < -0.39 is 6.04 Å². The summed E-state index contributed by atoms with van der Waals surface area (Å²) in [6, 6.07) is 16.1. The summed E-state index contributed by atoms with van der Waals surface area (Å²) in [6.07, 6.45) is 1.26. The Bertz CT molecular complexity index is 1030. The maximum absolute atomic E-state index is 12.4. The average Bonchev–Trinajstić information content (AvgIpc) is 2.72. The Balaban J connectivity index is 1.64. The van der Waals surface area contributed by atoms with Gasteiger partial charge in [0.2, 0.25) is 5.91 Å². The van der Waals surface area contributed by atoms with Gasteiger partial charge >= 0.3 is 0 Å². The van der Waals surface area contributed by atoms with Crippen molar-refractivity contribution in [3.63, 3.8) is 0 Å². The highest BCUT2D eigenvalue weighted by atomic mass is 16.2. The average molecular weight is 377 g/mol. The molecule has 1 aromatic heterocycles. The van der Waals surface area contributed by atoms with Crippen LogP contribution in [0.25, 0.3) is 10.9 Å². The first-order valence-corrected chi connectivity index (χ1v) is 9.40. The maximum Gasteiger partial charge on any atom is 0.258 e. The van der Waals surface area contributed by atoms with Gasteiger partial charge in [0.15, 0.2) is 5.78 Å². The van der Waals surface area contributed by atoms with Crippen LogP contribution in [0.4, 0.5) is 0 Å². The molecule has 0 aliphatic carbocycles. The zero-order chi connectivity index (χ0) is 19.9. The van der Waals surface area contributed by atoms with Crippen LogP contribution in [0.15, 0.2) is 59.4 Å². The first-order valence-electron chi connectivity index (χ1n) is 9.40. The largest absolute Gasteiger partial charge is 0.346 e. The van der Waals surface area contributed by atoms with Gasteiger partial charge in [0.1, 0.15) is 5.82 Å². The lowest BCUT2D eigenvalue weighted by Gasteiger charge is -2.17. The molecule has 0 saturated heterocycles. The number of hydrogen-bond donors (Lipinski definition) is 2. The van der Waals surface area contributed by atoms with Crippen molar-refractivity contribution in [3.8, 4) is 0 Å². The Morgan fingerprint density at radius 1 is 1.07 bits per heavy atom. The first kappa shape index (κ1) is 19.5. The Hall–Kier alpha value is -3.28. The number of aromatic amines is 1. The molecule has 144 valence electrons. The fourth-order valence-corrected chi connectivity index (χ4v) is 3.09. The molecule has 0 bridgehead atoms. The molecule has 28 heavy (non-hydrogen) atoms. The minimum absolute atomic E-state index is 0.00515. The number of nitrogens with zero attached hydrogens (tertiary/aromatic N) is 1. The van der Waals surface area contributed by atoms with Crippen LogP contribution in [0.3, 0.4) is 0 Å². The Kier molecular flexibility index (Phi) is 6.32. The predicted molar refractivity (Wildman–Crippen MR) is 108 cm³/mol. The van der Waals surface area contributed by atoms with Crippen LogP contribution in [0.5, 0.6) is 0 Å². The van der Waals surface area contributed by atoms with Crippen molar-refractivity contribution in [3.05, 3.63) is 76.3 Å². The molecule has 1 amide bonds. The van der Waals surface area contributed by atoms with E-state index in [1.165, 1.54) is 0 Å². The number of H-pyrrole nitrogens is 1. The van der Waals surface area contributed by atoms with E-state index in [9.17, 15) is 14.4 Å². The van der Waals surface area contributed by atoms with Gasteiger partial charge in [-0.05, 0) is 24.1 Å². The number of hydrogen-bond acceptors (Lipinski definition) is 4. The van der Waals surface area contributed by atoms with E-state index in [0.29, 0.717) is 36.0 Å². The lowest BCUT2D eigenvalue weighted by Crippen LogP contribution is -2.42. The van der Waals surface area contributed by atoms with Crippen molar-refractivity contribution >= 4 is 22.6 Å². The highest BCUT2D eigenvalue weighted by Crippen LogP contribution is 2.08. The molecule has 0 radical (unpaired) electrons. The third kappa shape index (κ3) is 4.91. The van der Waals surface area contributed by atoms with E-state index in [1.54, 1.807) is 25.1 Å². The molecule has 0 spiro atoms. The number of aromatic nitrogens is 2. The minimum atomic E-state index is -0.552. The van der Waals surface area contributed by atoms with Crippen molar-refractivity contribution in [2.24, 2.45) is 0 Å². The monoisotopic (exact) mass is 377 g/mol. The zero-order valence-corrected chi connectivity index (χ0v) is 15.8.